The van der Waals surface area contributed by atoms with Gasteiger partial charge in [-0.05, 0) is 56.5 Å². The van der Waals surface area contributed by atoms with Crippen LogP contribution in [0.5, 0.6) is 5.75 Å². The lowest BCUT2D eigenvalue weighted by atomic mass is 10.1. The van der Waals surface area contributed by atoms with Crippen LogP contribution in [0.4, 0.5) is 4.39 Å². The summed E-state index contributed by atoms with van der Waals surface area (Å²) in [4.78, 5) is 12.5. The molecule has 164 valence electrons. The lowest BCUT2D eigenvalue weighted by Gasteiger charge is -2.12. The van der Waals surface area contributed by atoms with Crippen molar-refractivity contribution in [2.24, 2.45) is 0 Å². The second-order valence-corrected chi connectivity index (χ2v) is 8.04. The molecular formula is C24H27ClFN3O2. The molecule has 0 unspecified atom stereocenters. The average molecular weight is 444 g/mol. The summed E-state index contributed by atoms with van der Waals surface area (Å²) >= 11 is 6.02. The lowest BCUT2D eigenvalue weighted by molar-refractivity contribution is -0.120. The Bertz CT molecular complexity index is 1070. The molecule has 1 heterocycles. The molecule has 1 aromatic heterocycles. The molecule has 0 radical (unpaired) electrons. The summed E-state index contributed by atoms with van der Waals surface area (Å²) in [6.45, 7) is 9.24. The first-order valence-corrected chi connectivity index (χ1v) is 10.6. The Labute approximate surface area is 187 Å². The van der Waals surface area contributed by atoms with Crippen LogP contribution in [0.15, 0.2) is 36.4 Å². The number of carbonyl (C=O) groups excluding carboxylic acids is 1. The quantitative estimate of drug-likeness (QED) is 0.541. The highest BCUT2D eigenvalue weighted by Crippen LogP contribution is 2.22. The number of nitrogens with one attached hydrogen (secondary N) is 1. The van der Waals surface area contributed by atoms with Crippen molar-refractivity contribution in [1.82, 2.24) is 15.1 Å². The van der Waals surface area contributed by atoms with Crippen molar-refractivity contribution < 1.29 is 13.9 Å². The number of aromatic nitrogens is 2. The maximum atomic E-state index is 13.2. The van der Waals surface area contributed by atoms with Gasteiger partial charge >= 0.3 is 0 Å². The molecule has 0 aliphatic rings. The average Bonchev–Trinajstić information content (AvgIpc) is 2.97. The van der Waals surface area contributed by atoms with Crippen LogP contribution in [-0.2, 0) is 24.3 Å². The second-order valence-electron chi connectivity index (χ2n) is 7.63. The van der Waals surface area contributed by atoms with Crippen molar-refractivity contribution >= 4 is 17.5 Å². The Morgan fingerprint density at radius 3 is 2.55 bits per heavy atom. The van der Waals surface area contributed by atoms with Gasteiger partial charge in [0.15, 0.2) is 0 Å². The zero-order chi connectivity index (χ0) is 22.5. The summed E-state index contributed by atoms with van der Waals surface area (Å²) in [6.07, 6.45) is 0.217. The maximum Gasteiger partial charge on any atom is 0.224 e. The third kappa shape index (κ3) is 5.64. The van der Waals surface area contributed by atoms with E-state index in [1.165, 1.54) is 12.1 Å². The van der Waals surface area contributed by atoms with Gasteiger partial charge in [0.25, 0.3) is 0 Å². The minimum Gasteiger partial charge on any atom is -0.491 e. The number of para-hydroxylation sites is 1. The van der Waals surface area contributed by atoms with Gasteiger partial charge < -0.3 is 10.1 Å². The van der Waals surface area contributed by atoms with E-state index in [1.807, 2.05) is 50.6 Å². The Morgan fingerprint density at radius 2 is 1.87 bits per heavy atom. The summed E-state index contributed by atoms with van der Waals surface area (Å²) < 4.78 is 21.0. The van der Waals surface area contributed by atoms with Crippen LogP contribution in [-0.4, -0.2) is 22.3 Å². The standard InChI is InChI=1S/C24H27ClFN3O2/c1-15-6-5-7-16(2)24(15)31-11-10-29-18(4)21(17(3)28-29)13-23(30)27-14-19-8-9-20(26)12-22(19)25/h5-9,12H,10-11,13-14H2,1-4H3,(H,27,30). The van der Waals surface area contributed by atoms with Crippen molar-refractivity contribution in [3.05, 3.63) is 80.9 Å². The predicted molar refractivity (Wildman–Crippen MR) is 120 cm³/mol. The molecule has 0 atom stereocenters. The number of hydrogen-bond donors (Lipinski definition) is 1. The lowest BCUT2D eigenvalue weighted by Crippen LogP contribution is -2.25. The summed E-state index contributed by atoms with van der Waals surface area (Å²) in [7, 11) is 0. The monoisotopic (exact) mass is 443 g/mol. The molecule has 5 nitrogen and oxygen atoms in total. The smallest absolute Gasteiger partial charge is 0.224 e. The fourth-order valence-electron chi connectivity index (χ4n) is 3.55. The fourth-order valence-corrected chi connectivity index (χ4v) is 3.78. The molecule has 1 N–H and O–H groups in total. The Kier molecular flexibility index (Phi) is 7.33. The number of amides is 1. The molecule has 0 bridgehead atoms. The topological polar surface area (TPSA) is 56.2 Å². The van der Waals surface area contributed by atoms with Crippen molar-refractivity contribution in [3.8, 4) is 5.75 Å². The molecule has 0 fully saturated rings. The minimum atomic E-state index is -0.402. The van der Waals surface area contributed by atoms with Gasteiger partial charge in [0.2, 0.25) is 5.91 Å². The molecule has 31 heavy (non-hydrogen) atoms. The van der Waals surface area contributed by atoms with Gasteiger partial charge in [-0.1, -0.05) is 35.9 Å². The van der Waals surface area contributed by atoms with E-state index in [2.05, 4.69) is 10.4 Å². The number of halogens is 2. The molecular weight excluding hydrogens is 417 g/mol. The van der Waals surface area contributed by atoms with E-state index < -0.39 is 5.82 Å². The fraction of sp³-hybridized carbons (Fsp3) is 0.333. The third-order valence-electron chi connectivity index (χ3n) is 5.32. The number of carbonyl (C=O) groups is 1. The number of aryl methyl sites for hydroxylation is 3. The molecule has 7 heteroatoms. The number of hydrogen-bond acceptors (Lipinski definition) is 3. The molecule has 2 aromatic carbocycles. The van der Waals surface area contributed by atoms with Gasteiger partial charge in [-0.15, -0.1) is 0 Å². The summed E-state index contributed by atoms with van der Waals surface area (Å²) in [5, 5.41) is 7.71. The normalized spacial score (nSPS) is 10.9. The van der Waals surface area contributed by atoms with E-state index in [9.17, 15) is 9.18 Å². The van der Waals surface area contributed by atoms with Gasteiger partial charge in [0.05, 0.1) is 18.7 Å². The van der Waals surface area contributed by atoms with E-state index in [4.69, 9.17) is 16.3 Å². The van der Waals surface area contributed by atoms with E-state index in [-0.39, 0.29) is 18.9 Å². The van der Waals surface area contributed by atoms with Crippen LogP contribution in [0.1, 0.15) is 33.6 Å². The number of nitrogens with zero attached hydrogens (tertiary/aromatic N) is 2. The van der Waals surface area contributed by atoms with Crippen LogP contribution in [0.2, 0.25) is 5.02 Å². The highest BCUT2D eigenvalue weighted by atomic mass is 35.5. The number of benzene rings is 2. The molecule has 3 aromatic rings. The van der Waals surface area contributed by atoms with Gasteiger partial charge in [0, 0.05) is 22.8 Å². The van der Waals surface area contributed by atoms with Crippen LogP contribution < -0.4 is 10.1 Å². The van der Waals surface area contributed by atoms with Gasteiger partial charge in [0.1, 0.15) is 18.2 Å². The summed E-state index contributed by atoms with van der Waals surface area (Å²) in [5.41, 5.74) is 5.54. The summed E-state index contributed by atoms with van der Waals surface area (Å²) in [5.74, 6) is 0.362. The molecule has 0 saturated heterocycles. The Balaban J connectivity index is 1.58. The molecule has 0 aliphatic carbocycles. The van der Waals surface area contributed by atoms with Crippen LogP contribution in [0.3, 0.4) is 0 Å². The van der Waals surface area contributed by atoms with Gasteiger partial charge in [-0.3, -0.25) is 9.48 Å². The van der Waals surface area contributed by atoms with Crippen molar-refractivity contribution in [2.45, 2.75) is 47.2 Å². The molecule has 0 aliphatic heterocycles. The third-order valence-corrected chi connectivity index (χ3v) is 5.67. The van der Waals surface area contributed by atoms with E-state index in [1.54, 1.807) is 6.07 Å². The molecule has 0 spiro atoms. The Morgan fingerprint density at radius 1 is 1.16 bits per heavy atom. The zero-order valence-electron chi connectivity index (χ0n) is 18.3. The van der Waals surface area contributed by atoms with Crippen LogP contribution in [0, 0.1) is 33.5 Å². The summed E-state index contributed by atoms with van der Waals surface area (Å²) in [6, 6.07) is 10.2. The van der Waals surface area contributed by atoms with Crippen molar-refractivity contribution in [2.75, 3.05) is 6.61 Å². The van der Waals surface area contributed by atoms with Gasteiger partial charge in [-0.25, -0.2) is 4.39 Å². The van der Waals surface area contributed by atoms with Crippen LogP contribution in [0.25, 0.3) is 0 Å². The minimum absolute atomic E-state index is 0.141. The highest BCUT2D eigenvalue weighted by Gasteiger charge is 2.15. The molecule has 3 rings (SSSR count). The predicted octanol–water partition coefficient (Wildman–Crippen LogP) is 4.85. The van der Waals surface area contributed by atoms with Crippen molar-refractivity contribution in [1.29, 1.82) is 0 Å². The zero-order valence-corrected chi connectivity index (χ0v) is 19.0. The number of ether oxygens (including phenoxy) is 1. The highest BCUT2D eigenvalue weighted by molar-refractivity contribution is 6.31. The first kappa shape index (κ1) is 22.8. The number of rotatable bonds is 8. The van der Waals surface area contributed by atoms with Crippen LogP contribution >= 0.6 is 11.6 Å². The largest absolute Gasteiger partial charge is 0.491 e. The molecule has 0 saturated carbocycles. The second kappa shape index (κ2) is 9.96. The maximum absolute atomic E-state index is 13.2. The van der Waals surface area contributed by atoms with Gasteiger partial charge in [-0.2, -0.15) is 5.10 Å². The molecule has 1 amide bonds. The first-order chi connectivity index (χ1) is 14.8. The van der Waals surface area contributed by atoms with E-state index in [0.717, 1.165) is 33.8 Å². The van der Waals surface area contributed by atoms with E-state index in [0.29, 0.717) is 23.7 Å². The van der Waals surface area contributed by atoms with Crippen molar-refractivity contribution in [3.63, 3.8) is 0 Å². The first-order valence-electron chi connectivity index (χ1n) is 10.2. The SMILES string of the molecule is Cc1cccc(C)c1OCCn1nc(C)c(CC(=O)NCc2ccc(F)cc2Cl)c1C. The van der Waals surface area contributed by atoms with E-state index >= 15 is 0 Å². The Hall–Kier alpha value is -2.86.